The van der Waals surface area contributed by atoms with Crippen molar-refractivity contribution < 1.29 is 4.74 Å². The van der Waals surface area contributed by atoms with Crippen LogP contribution in [-0.4, -0.2) is 11.9 Å². The summed E-state index contributed by atoms with van der Waals surface area (Å²) in [6.07, 6.45) is 6.38. The van der Waals surface area contributed by atoms with E-state index in [1.54, 1.807) is 0 Å². The van der Waals surface area contributed by atoms with Gasteiger partial charge in [-0.25, -0.2) is 0 Å². The second kappa shape index (κ2) is 5.90. The zero-order valence-corrected chi connectivity index (χ0v) is 12.1. The molecule has 1 nitrogen and oxygen atoms in total. The molecule has 0 amide bonds. The van der Waals surface area contributed by atoms with Crippen LogP contribution in [0.25, 0.3) is 0 Å². The van der Waals surface area contributed by atoms with Crippen LogP contribution in [-0.2, 0) is 6.42 Å². The van der Waals surface area contributed by atoms with Gasteiger partial charge in [-0.1, -0.05) is 47.8 Å². The van der Waals surface area contributed by atoms with Gasteiger partial charge in [0.05, 0.1) is 6.61 Å². The molecular weight excluding hydrogens is 276 g/mol. The molecule has 17 heavy (non-hydrogen) atoms. The lowest BCUT2D eigenvalue weighted by Gasteiger charge is -2.26. The number of hydrogen-bond donors (Lipinski definition) is 0. The average molecular weight is 297 g/mol. The predicted octanol–water partition coefficient (Wildman–Crippen LogP) is 4.58. The minimum atomic E-state index is 0.378. The molecule has 2 heteroatoms. The van der Waals surface area contributed by atoms with Crippen LogP contribution in [0.5, 0.6) is 5.75 Å². The summed E-state index contributed by atoms with van der Waals surface area (Å²) in [6.45, 7) is 3.03. The number of alkyl halides is 1. The van der Waals surface area contributed by atoms with Gasteiger partial charge < -0.3 is 4.74 Å². The second-order valence-corrected chi connectivity index (χ2v) is 5.69. The highest BCUT2D eigenvalue weighted by atomic mass is 79.9. The Bertz CT molecular complexity index is 338. The second-order valence-electron chi connectivity index (χ2n) is 5.13. The molecule has 1 aliphatic rings. The quantitative estimate of drug-likeness (QED) is 0.723. The zero-order valence-electron chi connectivity index (χ0n) is 10.5. The fourth-order valence-corrected chi connectivity index (χ4v) is 3.22. The smallest absolute Gasteiger partial charge is 0.119 e. The maximum Gasteiger partial charge on any atom is 0.119 e. The van der Waals surface area contributed by atoms with Crippen LogP contribution >= 0.6 is 15.9 Å². The van der Waals surface area contributed by atoms with E-state index >= 15 is 0 Å². The van der Waals surface area contributed by atoms with Gasteiger partial charge in [-0.15, -0.1) is 0 Å². The molecule has 1 fully saturated rings. The summed E-state index contributed by atoms with van der Waals surface area (Å²) in [5, 5.41) is 1.06. The molecule has 0 radical (unpaired) electrons. The van der Waals surface area contributed by atoms with E-state index in [1.807, 2.05) is 0 Å². The van der Waals surface area contributed by atoms with Crippen molar-refractivity contribution in [3.05, 3.63) is 29.8 Å². The van der Waals surface area contributed by atoms with Crippen LogP contribution in [0.4, 0.5) is 0 Å². The SMILES string of the molecule is CCc1ccc(OCC2(CBr)CCCC2)cc1. The third-order valence-corrected chi connectivity index (χ3v) is 5.01. The fourth-order valence-electron chi connectivity index (χ4n) is 2.50. The molecule has 0 saturated heterocycles. The maximum atomic E-state index is 5.95. The van der Waals surface area contributed by atoms with Gasteiger partial charge >= 0.3 is 0 Å². The number of aryl methyl sites for hydroxylation is 1. The van der Waals surface area contributed by atoms with Crippen molar-refractivity contribution in [3.8, 4) is 5.75 Å². The lowest BCUT2D eigenvalue weighted by atomic mass is 9.90. The highest BCUT2D eigenvalue weighted by Crippen LogP contribution is 2.39. The molecule has 94 valence electrons. The number of hydrogen-bond acceptors (Lipinski definition) is 1. The Morgan fingerprint density at radius 1 is 1.18 bits per heavy atom. The molecular formula is C15H21BrO. The lowest BCUT2D eigenvalue weighted by Crippen LogP contribution is -2.26. The van der Waals surface area contributed by atoms with Crippen LogP contribution in [0.15, 0.2) is 24.3 Å². The van der Waals surface area contributed by atoms with E-state index in [-0.39, 0.29) is 0 Å². The Hall–Kier alpha value is -0.500. The lowest BCUT2D eigenvalue weighted by molar-refractivity contribution is 0.174. The van der Waals surface area contributed by atoms with Crippen LogP contribution in [0, 0.1) is 5.41 Å². The number of benzene rings is 1. The van der Waals surface area contributed by atoms with E-state index < -0.39 is 0 Å². The number of ether oxygens (including phenoxy) is 1. The molecule has 0 bridgehead atoms. The standard InChI is InChI=1S/C15H21BrO/c1-2-13-5-7-14(8-6-13)17-12-15(11-16)9-3-4-10-15/h5-8H,2-4,9-12H2,1H3. The first-order valence-corrected chi connectivity index (χ1v) is 7.68. The van der Waals surface area contributed by atoms with Crippen LogP contribution in [0.2, 0.25) is 0 Å². The Kier molecular flexibility index (Phi) is 4.49. The molecule has 1 aromatic carbocycles. The van der Waals surface area contributed by atoms with E-state index in [0.717, 1.165) is 24.1 Å². The van der Waals surface area contributed by atoms with Crippen molar-refractivity contribution in [1.29, 1.82) is 0 Å². The number of halogens is 1. The van der Waals surface area contributed by atoms with Gasteiger partial charge in [0.1, 0.15) is 5.75 Å². The Labute approximate surface area is 113 Å². The van der Waals surface area contributed by atoms with Crippen molar-refractivity contribution in [1.82, 2.24) is 0 Å². The van der Waals surface area contributed by atoms with Gasteiger partial charge in [0.2, 0.25) is 0 Å². The summed E-state index contributed by atoms with van der Waals surface area (Å²) in [5.41, 5.74) is 1.75. The van der Waals surface area contributed by atoms with E-state index in [2.05, 4.69) is 47.1 Å². The van der Waals surface area contributed by atoms with Crippen LogP contribution in [0.1, 0.15) is 38.2 Å². The van der Waals surface area contributed by atoms with Crippen molar-refractivity contribution in [3.63, 3.8) is 0 Å². The molecule has 0 N–H and O–H groups in total. The van der Waals surface area contributed by atoms with Gasteiger partial charge in [-0.3, -0.25) is 0 Å². The summed E-state index contributed by atoms with van der Waals surface area (Å²) < 4.78 is 5.95. The minimum absolute atomic E-state index is 0.378. The summed E-state index contributed by atoms with van der Waals surface area (Å²) in [7, 11) is 0. The monoisotopic (exact) mass is 296 g/mol. The van der Waals surface area contributed by atoms with Gasteiger partial charge in [-0.2, -0.15) is 0 Å². The third kappa shape index (κ3) is 3.25. The topological polar surface area (TPSA) is 9.23 Å². The van der Waals surface area contributed by atoms with E-state index in [4.69, 9.17) is 4.74 Å². The van der Waals surface area contributed by atoms with Crippen molar-refractivity contribution >= 4 is 15.9 Å². The molecule has 1 aromatic rings. The Balaban J connectivity index is 1.92. The van der Waals surface area contributed by atoms with Crippen molar-refractivity contribution in [2.45, 2.75) is 39.0 Å². The first-order chi connectivity index (χ1) is 8.28. The number of rotatable bonds is 5. The van der Waals surface area contributed by atoms with Gasteiger partial charge in [0.15, 0.2) is 0 Å². The summed E-state index contributed by atoms with van der Waals surface area (Å²) in [5.74, 6) is 1.01. The molecule has 2 rings (SSSR count). The third-order valence-electron chi connectivity index (χ3n) is 3.82. The molecule has 0 atom stereocenters. The fraction of sp³-hybridized carbons (Fsp3) is 0.600. The molecule has 0 heterocycles. The van der Waals surface area contributed by atoms with Gasteiger partial charge in [0.25, 0.3) is 0 Å². The van der Waals surface area contributed by atoms with E-state index in [1.165, 1.54) is 31.2 Å². The molecule has 0 aromatic heterocycles. The normalized spacial score (nSPS) is 18.2. The maximum absolute atomic E-state index is 5.95. The Morgan fingerprint density at radius 2 is 1.82 bits per heavy atom. The summed E-state index contributed by atoms with van der Waals surface area (Å²) in [6, 6.07) is 8.50. The highest BCUT2D eigenvalue weighted by molar-refractivity contribution is 9.09. The average Bonchev–Trinajstić information content (AvgIpc) is 2.86. The highest BCUT2D eigenvalue weighted by Gasteiger charge is 2.33. The first kappa shape index (κ1) is 12.9. The Morgan fingerprint density at radius 3 is 2.35 bits per heavy atom. The summed E-state index contributed by atoms with van der Waals surface area (Å²) in [4.78, 5) is 0. The van der Waals surface area contributed by atoms with Gasteiger partial charge in [-0.05, 0) is 37.0 Å². The largest absolute Gasteiger partial charge is 0.493 e. The van der Waals surface area contributed by atoms with Crippen molar-refractivity contribution in [2.24, 2.45) is 5.41 Å². The van der Waals surface area contributed by atoms with Crippen LogP contribution in [0.3, 0.4) is 0 Å². The van der Waals surface area contributed by atoms with Gasteiger partial charge in [0, 0.05) is 10.7 Å². The van der Waals surface area contributed by atoms with E-state index in [9.17, 15) is 0 Å². The molecule has 0 aliphatic heterocycles. The molecule has 1 aliphatic carbocycles. The van der Waals surface area contributed by atoms with E-state index in [0.29, 0.717) is 5.41 Å². The summed E-state index contributed by atoms with van der Waals surface area (Å²) >= 11 is 3.65. The molecule has 0 spiro atoms. The zero-order chi connectivity index (χ0) is 12.1. The minimum Gasteiger partial charge on any atom is -0.493 e. The first-order valence-electron chi connectivity index (χ1n) is 6.56. The predicted molar refractivity (Wildman–Crippen MR) is 76.0 cm³/mol. The van der Waals surface area contributed by atoms with Crippen LogP contribution < -0.4 is 4.74 Å². The molecule has 0 unspecified atom stereocenters. The molecule has 1 saturated carbocycles. The van der Waals surface area contributed by atoms with Crippen molar-refractivity contribution in [2.75, 3.05) is 11.9 Å².